The number of likely N-dealkylation sites (tertiary alicyclic amines) is 1. The molecule has 0 aliphatic carbocycles. The summed E-state index contributed by atoms with van der Waals surface area (Å²) in [5, 5.41) is 15.3. The number of ether oxygens (including phenoxy) is 3. The Morgan fingerprint density at radius 2 is 1.81 bits per heavy atom. The number of fused-ring (bicyclic) bond motifs is 1. The number of aryl methyl sites for hydroxylation is 1. The van der Waals surface area contributed by atoms with Gasteiger partial charge in [-0.2, -0.15) is 4.52 Å². The zero-order valence-corrected chi connectivity index (χ0v) is 19.3. The highest BCUT2D eigenvalue weighted by atomic mass is 32.1. The number of aromatic nitrogens is 3. The van der Waals surface area contributed by atoms with Crippen molar-refractivity contribution in [1.82, 2.24) is 19.5 Å². The number of nitrogens with two attached hydrogens (primary N) is 1. The molecule has 1 saturated heterocycles. The van der Waals surface area contributed by atoms with Gasteiger partial charge in [-0.15, -0.1) is 5.10 Å². The molecular weight excluding hydrogens is 434 g/mol. The average molecular weight is 462 g/mol. The molecule has 0 unspecified atom stereocenters. The van der Waals surface area contributed by atoms with Crippen LogP contribution in [-0.2, 0) is 4.79 Å². The zero-order valence-electron chi connectivity index (χ0n) is 18.5. The molecule has 3 N–H and O–H groups in total. The Bertz CT molecular complexity index is 1110. The topological polar surface area (TPSA) is 124 Å². The van der Waals surface area contributed by atoms with Crippen molar-refractivity contribution in [2.45, 2.75) is 25.8 Å². The standard InChI is InChI=1S/C21H27N5O5S/c1-11-23-21-26(24-11)20(28)18(32-21)16(25-7-5-12(6-8-25)19(22)27)13-9-14(29-2)17(31-4)15(10-13)30-3/h9-10,12,16,28H,5-8H2,1-4H3,(H2,22,27)/t16-/m1/s1. The number of thiazole rings is 1. The number of nitrogens with zero attached hydrogens (tertiary/aromatic N) is 4. The van der Waals surface area contributed by atoms with Crippen LogP contribution in [0.15, 0.2) is 12.1 Å². The van der Waals surface area contributed by atoms with E-state index in [0.717, 1.165) is 5.56 Å². The quantitative estimate of drug-likeness (QED) is 0.548. The average Bonchev–Trinajstić information content (AvgIpc) is 3.30. The molecule has 32 heavy (non-hydrogen) atoms. The third-order valence-corrected chi connectivity index (χ3v) is 6.93. The fourth-order valence-corrected chi connectivity index (χ4v) is 5.42. The van der Waals surface area contributed by atoms with Crippen LogP contribution < -0.4 is 19.9 Å². The lowest BCUT2D eigenvalue weighted by Gasteiger charge is -2.36. The van der Waals surface area contributed by atoms with Gasteiger partial charge in [-0.25, -0.2) is 4.98 Å². The molecule has 0 saturated carbocycles. The van der Waals surface area contributed by atoms with Crippen molar-refractivity contribution in [2.75, 3.05) is 34.4 Å². The number of benzene rings is 1. The van der Waals surface area contributed by atoms with Gasteiger partial charge in [0.2, 0.25) is 22.5 Å². The van der Waals surface area contributed by atoms with E-state index in [-0.39, 0.29) is 23.7 Å². The van der Waals surface area contributed by atoms with Gasteiger partial charge in [-0.1, -0.05) is 11.3 Å². The molecule has 1 fully saturated rings. The van der Waals surface area contributed by atoms with Crippen molar-refractivity contribution in [1.29, 1.82) is 0 Å². The minimum Gasteiger partial charge on any atom is -0.493 e. The number of rotatable bonds is 7. The third kappa shape index (κ3) is 3.82. The first-order chi connectivity index (χ1) is 15.4. The molecule has 0 spiro atoms. The van der Waals surface area contributed by atoms with Gasteiger partial charge in [0.15, 0.2) is 11.5 Å². The number of amides is 1. The van der Waals surface area contributed by atoms with E-state index in [0.29, 0.717) is 58.8 Å². The van der Waals surface area contributed by atoms with Gasteiger partial charge in [-0.3, -0.25) is 9.69 Å². The van der Waals surface area contributed by atoms with E-state index in [2.05, 4.69) is 15.0 Å². The number of hydrogen-bond donors (Lipinski definition) is 2. The Kier molecular flexibility index (Phi) is 6.11. The van der Waals surface area contributed by atoms with E-state index >= 15 is 0 Å². The van der Waals surface area contributed by atoms with Gasteiger partial charge in [-0.05, 0) is 50.6 Å². The highest BCUT2D eigenvalue weighted by molar-refractivity contribution is 7.17. The van der Waals surface area contributed by atoms with Crippen LogP contribution in [0.2, 0.25) is 0 Å². The lowest BCUT2D eigenvalue weighted by molar-refractivity contribution is -0.123. The van der Waals surface area contributed by atoms with Gasteiger partial charge in [0.05, 0.1) is 32.2 Å². The molecule has 1 aliphatic heterocycles. The van der Waals surface area contributed by atoms with Crippen molar-refractivity contribution in [2.24, 2.45) is 11.7 Å². The summed E-state index contributed by atoms with van der Waals surface area (Å²) in [4.78, 5) is 19.6. The molecule has 2 aromatic heterocycles. The maximum atomic E-state index is 11.7. The van der Waals surface area contributed by atoms with E-state index in [9.17, 15) is 9.90 Å². The van der Waals surface area contributed by atoms with Crippen molar-refractivity contribution in [3.63, 3.8) is 0 Å². The summed E-state index contributed by atoms with van der Waals surface area (Å²) >= 11 is 1.38. The summed E-state index contributed by atoms with van der Waals surface area (Å²) < 4.78 is 18.0. The predicted octanol–water partition coefficient (Wildman–Crippen LogP) is 2.12. The van der Waals surface area contributed by atoms with Gasteiger partial charge in [0, 0.05) is 5.92 Å². The maximum absolute atomic E-state index is 11.7. The summed E-state index contributed by atoms with van der Waals surface area (Å²) in [5.41, 5.74) is 6.39. The number of carbonyl (C=O) groups is 1. The maximum Gasteiger partial charge on any atom is 0.230 e. The monoisotopic (exact) mass is 461 g/mol. The molecule has 172 valence electrons. The molecule has 1 atom stereocenters. The molecule has 1 aliphatic rings. The number of aromatic hydroxyl groups is 1. The highest BCUT2D eigenvalue weighted by Gasteiger charge is 2.34. The smallest absolute Gasteiger partial charge is 0.230 e. The summed E-state index contributed by atoms with van der Waals surface area (Å²) in [6, 6.07) is 3.44. The number of hydrogen-bond acceptors (Lipinski definition) is 9. The number of primary amides is 1. The van der Waals surface area contributed by atoms with Gasteiger partial charge in [0.25, 0.3) is 0 Å². The van der Waals surface area contributed by atoms with Crippen LogP contribution in [0.1, 0.15) is 35.1 Å². The fourth-order valence-electron chi connectivity index (χ4n) is 4.26. The summed E-state index contributed by atoms with van der Waals surface area (Å²) in [6.45, 7) is 3.06. The van der Waals surface area contributed by atoms with Crippen molar-refractivity contribution < 1.29 is 24.1 Å². The molecule has 3 heterocycles. The lowest BCUT2D eigenvalue weighted by Crippen LogP contribution is -2.40. The zero-order chi connectivity index (χ0) is 23.0. The Balaban J connectivity index is 1.83. The van der Waals surface area contributed by atoms with Crippen LogP contribution in [0.25, 0.3) is 4.96 Å². The second kappa shape index (κ2) is 8.83. The largest absolute Gasteiger partial charge is 0.493 e. The van der Waals surface area contributed by atoms with Crippen LogP contribution in [0.3, 0.4) is 0 Å². The fraction of sp³-hybridized carbons (Fsp3) is 0.476. The van der Waals surface area contributed by atoms with Gasteiger partial charge >= 0.3 is 0 Å². The van der Waals surface area contributed by atoms with E-state index in [1.165, 1.54) is 15.9 Å². The summed E-state index contributed by atoms with van der Waals surface area (Å²) in [7, 11) is 4.69. The molecule has 1 amide bonds. The molecule has 10 nitrogen and oxygen atoms in total. The van der Waals surface area contributed by atoms with E-state index in [1.807, 2.05) is 12.1 Å². The Morgan fingerprint density at radius 1 is 1.19 bits per heavy atom. The number of methoxy groups -OCH3 is 3. The lowest BCUT2D eigenvalue weighted by atomic mass is 9.93. The number of carbonyl (C=O) groups excluding carboxylic acids is 1. The molecular formula is C21H27N5O5S. The van der Waals surface area contributed by atoms with Crippen LogP contribution in [0.5, 0.6) is 23.1 Å². The normalized spacial score (nSPS) is 16.2. The molecule has 3 aromatic rings. The molecule has 11 heteroatoms. The Morgan fingerprint density at radius 3 is 2.31 bits per heavy atom. The van der Waals surface area contributed by atoms with Crippen LogP contribution in [0, 0.1) is 12.8 Å². The SMILES string of the molecule is COc1cc([C@H](c2sc3nc(C)nn3c2O)N2CCC(C(N)=O)CC2)cc(OC)c1OC. The highest BCUT2D eigenvalue weighted by Crippen LogP contribution is 2.46. The van der Waals surface area contributed by atoms with E-state index < -0.39 is 0 Å². The first kappa shape index (κ1) is 22.2. The van der Waals surface area contributed by atoms with Crippen molar-refractivity contribution >= 4 is 22.2 Å². The molecule has 1 aromatic carbocycles. The first-order valence-electron chi connectivity index (χ1n) is 10.3. The Labute approximate surface area is 189 Å². The minimum absolute atomic E-state index is 0.0429. The van der Waals surface area contributed by atoms with Crippen molar-refractivity contribution in [3.05, 3.63) is 28.4 Å². The first-order valence-corrected chi connectivity index (χ1v) is 11.1. The second-order valence-corrected chi connectivity index (χ2v) is 8.73. The number of piperidine rings is 1. The minimum atomic E-state index is -0.327. The van der Waals surface area contributed by atoms with Crippen LogP contribution >= 0.6 is 11.3 Å². The summed E-state index contributed by atoms with van der Waals surface area (Å²) in [5.74, 6) is 1.75. The van der Waals surface area contributed by atoms with Crippen molar-refractivity contribution in [3.8, 4) is 23.1 Å². The Hall–Kier alpha value is -3.05. The second-order valence-electron chi connectivity index (χ2n) is 7.72. The molecule has 4 rings (SSSR count). The molecule has 0 bridgehead atoms. The van der Waals surface area contributed by atoms with Crippen LogP contribution in [0.4, 0.5) is 0 Å². The van der Waals surface area contributed by atoms with Gasteiger partial charge in [0.1, 0.15) is 5.82 Å². The van der Waals surface area contributed by atoms with E-state index in [1.54, 1.807) is 28.3 Å². The van der Waals surface area contributed by atoms with E-state index in [4.69, 9.17) is 19.9 Å². The molecule has 0 radical (unpaired) electrons. The van der Waals surface area contributed by atoms with Crippen LogP contribution in [-0.4, -0.2) is 64.9 Å². The summed E-state index contributed by atoms with van der Waals surface area (Å²) in [6.07, 6.45) is 1.30. The van der Waals surface area contributed by atoms with Gasteiger partial charge < -0.3 is 25.1 Å². The third-order valence-electron chi connectivity index (χ3n) is 5.85. The predicted molar refractivity (Wildman–Crippen MR) is 119 cm³/mol.